The van der Waals surface area contributed by atoms with Gasteiger partial charge in [-0.25, -0.2) is 4.79 Å². The molecule has 0 amide bonds. The molecule has 2 heterocycles. The van der Waals surface area contributed by atoms with Gasteiger partial charge in [-0.05, 0) is 23.4 Å². The van der Waals surface area contributed by atoms with E-state index in [0.717, 1.165) is 11.1 Å². The van der Waals surface area contributed by atoms with Crippen molar-refractivity contribution >= 4 is 27.5 Å². The summed E-state index contributed by atoms with van der Waals surface area (Å²) in [5.41, 5.74) is 0.369. The molecule has 0 radical (unpaired) electrons. The third kappa shape index (κ3) is 2.17. The maximum atomic E-state index is 12.5. The fourth-order valence-electron chi connectivity index (χ4n) is 2.47. The molecule has 3 rings (SSSR count). The number of carbonyl (C=O) groups is 1. The Labute approximate surface area is 129 Å². The lowest BCUT2D eigenvalue weighted by atomic mass is 10.1. The average molecular weight is 315 g/mol. The van der Waals surface area contributed by atoms with Crippen LogP contribution < -0.4 is 5.56 Å². The predicted molar refractivity (Wildman–Crippen MR) is 85.0 cm³/mol. The zero-order valence-corrected chi connectivity index (χ0v) is 12.6. The molecule has 22 heavy (non-hydrogen) atoms. The summed E-state index contributed by atoms with van der Waals surface area (Å²) in [5, 5.41) is 21.7. The van der Waals surface area contributed by atoms with Crippen molar-refractivity contribution in [3.8, 4) is 5.75 Å². The Morgan fingerprint density at radius 2 is 1.95 bits per heavy atom. The molecule has 6 heteroatoms. The lowest BCUT2D eigenvalue weighted by Gasteiger charge is -2.11. The van der Waals surface area contributed by atoms with E-state index >= 15 is 0 Å². The number of fused-ring (bicyclic) bond motifs is 1. The molecule has 0 saturated heterocycles. The van der Waals surface area contributed by atoms with Crippen molar-refractivity contribution in [2.24, 2.45) is 0 Å². The molecule has 0 aliphatic heterocycles. The summed E-state index contributed by atoms with van der Waals surface area (Å²) in [7, 11) is 0. The number of aromatic nitrogens is 1. The summed E-state index contributed by atoms with van der Waals surface area (Å²) < 4.78 is 1.41. The molecular formula is C16H13NO4S. The number of hydrogen-bond acceptors (Lipinski definition) is 4. The van der Waals surface area contributed by atoms with E-state index in [-0.39, 0.29) is 6.54 Å². The molecule has 0 fully saturated rings. The van der Waals surface area contributed by atoms with Crippen LogP contribution in [0.25, 0.3) is 10.2 Å². The third-order valence-electron chi connectivity index (χ3n) is 3.53. The normalized spacial score (nSPS) is 11.0. The number of benzene rings is 1. The Kier molecular flexibility index (Phi) is 3.46. The highest BCUT2D eigenvalue weighted by Crippen LogP contribution is 2.33. The molecule has 1 aromatic carbocycles. The summed E-state index contributed by atoms with van der Waals surface area (Å²) >= 11 is 1.32. The molecule has 0 atom stereocenters. The van der Waals surface area contributed by atoms with Crippen LogP contribution in [0, 0.1) is 6.92 Å². The smallest absolute Gasteiger partial charge is 0.345 e. The molecule has 3 aromatic rings. The van der Waals surface area contributed by atoms with Gasteiger partial charge < -0.3 is 10.2 Å². The van der Waals surface area contributed by atoms with Crippen molar-refractivity contribution < 1.29 is 15.0 Å². The van der Waals surface area contributed by atoms with E-state index in [1.54, 1.807) is 12.3 Å². The monoisotopic (exact) mass is 315 g/mol. The van der Waals surface area contributed by atoms with Gasteiger partial charge in [-0.15, -0.1) is 11.3 Å². The van der Waals surface area contributed by atoms with Crippen LogP contribution in [-0.2, 0) is 6.54 Å². The van der Waals surface area contributed by atoms with Crippen molar-refractivity contribution in [1.82, 2.24) is 4.57 Å². The minimum atomic E-state index is -1.42. The van der Waals surface area contributed by atoms with E-state index in [0.29, 0.717) is 10.2 Å². The van der Waals surface area contributed by atoms with Crippen molar-refractivity contribution in [2.45, 2.75) is 13.5 Å². The first kappa shape index (κ1) is 14.3. The zero-order chi connectivity index (χ0) is 15.9. The van der Waals surface area contributed by atoms with Crippen molar-refractivity contribution in [2.75, 3.05) is 0 Å². The number of carboxylic acids is 1. The number of thiophene rings is 1. The maximum Gasteiger partial charge on any atom is 0.345 e. The van der Waals surface area contributed by atoms with E-state index < -0.39 is 22.8 Å². The largest absolute Gasteiger partial charge is 0.506 e. The van der Waals surface area contributed by atoms with E-state index in [9.17, 15) is 19.8 Å². The Hall–Kier alpha value is -2.60. The number of nitrogens with zero attached hydrogens (tertiary/aromatic N) is 1. The van der Waals surface area contributed by atoms with Gasteiger partial charge in [0.2, 0.25) is 0 Å². The van der Waals surface area contributed by atoms with Crippen LogP contribution in [0.3, 0.4) is 0 Å². The number of pyridine rings is 1. The number of aryl methyl sites for hydroxylation is 1. The number of rotatable bonds is 3. The number of aromatic carboxylic acids is 1. The van der Waals surface area contributed by atoms with E-state index in [1.165, 1.54) is 15.9 Å². The van der Waals surface area contributed by atoms with E-state index in [1.807, 2.05) is 30.3 Å². The summed E-state index contributed by atoms with van der Waals surface area (Å²) in [6, 6.07) is 9.32. The van der Waals surface area contributed by atoms with Gasteiger partial charge in [0.25, 0.3) is 5.56 Å². The second kappa shape index (κ2) is 5.31. The number of carboxylic acid groups (broad SMARTS) is 1. The fourth-order valence-corrected chi connectivity index (χ4v) is 3.53. The van der Waals surface area contributed by atoms with Crippen LogP contribution in [0.4, 0.5) is 0 Å². The molecular weight excluding hydrogens is 302 g/mol. The van der Waals surface area contributed by atoms with Crippen LogP contribution in [0.1, 0.15) is 21.5 Å². The number of hydrogen-bond donors (Lipinski definition) is 2. The van der Waals surface area contributed by atoms with E-state index in [2.05, 4.69) is 0 Å². The molecule has 0 aliphatic carbocycles. The second-order valence-electron chi connectivity index (χ2n) is 5.00. The first-order valence-electron chi connectivity index (χ1n) is 6.61. The summed E-state index contributed by atoms with van der Waals surface area (Å²) in [6.45, 7) is 2.04. The molecule has 5 nitrogen and oxygen atoms in total. The van der Waals surface area contributed by atoms with Gasteiger partial charge in [-0.2, -0.15) is 0 Å². The Morgan fingerprint density at radius 3 is 2.59 bits per heavy atom. The summed E-state index contributed by atoms with van der Waals surface area (Å²) in [5.74, 6) is -1.87. The molecule has 0 bridgehead atoms. The summed E-state index contributed by atoms with van der Waals surface area (Å²) in [6.07, 6.45) is 0. The molecule has 0 aliphatic rings. The van der Waals surface area contributed by atoms with Crippen molar-refractivity contribution in [1.29, 1.82) is 0 Å². The topological polar surface area (TPSA) is 79.5 Å². The average Bonchev–Trinajstić information content (AvgIpc) is 2.86. The third-order valence-corrected chi connectivity index (χ3v) is 4.65. The molecule has 0 saturated carbocycles. The highest BCUT2D eigenvalue weighted by molar-refractivity contribution is 7.17. The summed E-state index contributed by atoms with van der Waals surface area (Å²) in [4.78, 5) is 24.4. The van der Waals surface area contributed by atoms with Gasteiger partial charge in [0.05, 0.1) is 11.9 Å². The van der Waals surface area contributed by atoms with Gasteiger partial charge >= 0.3 is 5.97 Å². The first-order chi connectivity index (χ1) is 10.5. The zero-order valence-electron chi connectivity index (χ0n) is 11.7. The Morgan fingerprint density at radius 1 is 1.27 bits per heavy atom. The molecule has 0 spiro atoms. The Bertz CT molecular complexity index is 925. The SMILES string of the molecule is Cc1csc2c1c(O)c(C(=O)O)c(=O)n2Cc1ccccc1. The molecule has 112 valence electrons. The number of aromatic hydroxyl groups is 1. The quantitative estimate of drug-likeness (QED) is 0.779. The fraction of sp³-hybridized carbons (Fsp3) is 0.125. The highest BCUT2D eigenvalue weighted by Gasteiger charge is 2.23. The maximum absolute atomic E-state index is 12.5. The van der Waals surface area contributed by atoms with Crippen LogP contribution in [0.2, 0.25) is 0 Å². The minimum Gasteiger partial charge on any atom is -0.506 e. The van der Waals surface area contributed by atoms with Gasteiger partial charge in [-0.1, -0.05) is 30.3 Å². The minimum absolute atomic E-state index is 0.261. The van der Waals surface area contributed by atoms with Gasteiger partial charge in [-0.3, -0.25) is 9.36 Å². The van der Waals surface area contributed by atoms with Crippen molar-refractivity contribution in [3.63, 3.8) is 0 Å². The standard InChI is InChI=1S/C16H13NO4S/c1-9-8-22-15-11(9)13(18)12(16(20)21)14(19)17(15)7-10-5-3-2-4-6-10/h2-6,8,18H,7H2,1H3,(H,20,21). The lowest BCUT2D eigenvalue weighted by Crippen LogP contribution is -2.27. The molecule has 2 N–H and O–H groups in total. The van der Waals surface area contributed by atoms with Crippen LogP contribution in [-0.4, -0.2) is 20.7 Å². The van der Waals surface area contributed by atoms with Crippen LogP contribution >= 0.6 is 11.3 Å². The highest BCUT2D eigenvalue weighted by atomic mass is 32.1. The first-order valence-corrected chi connectivity index (χ1v) is 7.49. The van der Waals surface area contributed by atoms with Gasteiger partial charge in [0.15, 0.2) is 5.56 Å². The molecule has 0 unspecified atom stereocenters. The van der Waals surface area contributed by atoms with Crippen molar-refractivity contribution in [3.05, 3.63) is 62.8 Å². The molecule has 2 aromatic heterocycles. The van der Waals surface area contributed by atoms with Crippen LogP contribution in [0.5, 0.6) is 5.75 Å². The lowest BCUT2D eigenvalue weighted by molar-refractivity contribution is 0.0691. The van der Waals surface area contributed by atoms with Gasteiger partial charge in [0.1, 0.15) is 10.6 Å². The van der Waals surface area contributed by atoms with Crippen LogP contribution in [0.15, 0.2) is 40.5 Å². The van der Waals surface area contributed by atoms with Gasteiger partial charge in [0, 0.05) is 0 Å². The Balaban J connectivity index is 2.34. The van der Waals surface area contributed by atoms with E-state index in [4.69, 9.17) is 0 Å². The second-order valence-corrected chi connectivity index (χ2v) is 5.86. The predicted octanol–water partition coefficient (Wildman–Crippen LogP) is 2.82.